The number of aryl methyl sites for hydroxylation is 1. The Kier molecular flexibility index (Phi) is 4.81. The van der Waals surface area contributed by atoms with Gasteiger partial charge in [-0.3, -0.25) is 4.79 Å². The fourth-order valence-electron chi connectivity index (χ4n) is 1.99. The van der Waals surface area contributed by atoms with E-state index in [1.54, 1.807) is 31.2 Å². The molecule has 6 nitrogen and oxygen atoms in total. The first-order valence-corrected chi connectivity index (χ1v) is 6.69. The highest BCUT2D eigenvalue weighted by molar-refractivity contribution is 5.44. The molecule has 2 aromatic rings. The Bertz CT molecular complexity index is 667. The number of rotatable bonds is 6. The van der Waals surface area contributed by atoms with E-state index >= 15 is 0 Å². The number of hydrogen-bond acceptors (Lipinski definition) is 5. The topological polar surface area (TPSA) is 65.4 Å². The monoisotopic (exact) mass is 289 g/mol. The van der Waals surface area contributed by atoms with E-state index in [2.05, 4.69) is 10.3 Å². The van der Waals surface area contributed by atoms with Gasteiger partial charge in [0.1, 0.15) is 0 Å². The summed E-state index contributed by atoms with van der Waals surface area (Å²) in [5.41, 5.74) is 0.848. The Morgan fingerprint density at radius 2 is 2.00 bits per heavy atom. The van der Waals surface area contributed by atoms with Gasteiger partial charge in [-0.2, -0.15) is 0 Å². The van der Waals surface area contributed by atoms with Gasteiger partial charge in [-0.05, 0) is 24.6 Å². The van der Waals surface area contributed by atoms with Crippen LogP contribution in [0, 0.1) is 0 Å². The zero-order chi connectivity index (χ0) is 15.2. The number of methoxy groups -OCH3 is 2. The Balaban J connectivity index is 2.15. The zero-order valence-corrected chi connectivity index (χ0v) is 12.4. The standard InChI is InChI=1S/C15H19N3O3/c1-4-18-8-7-16-14(15(18)19)17-10-11-5-6-12(20-2)13(9-11)21-3/h5-9H,4,10H2,1-3H3,(H,16,17). The number of ether oxygens (including phenoxy) is 2. The van der Waals surface area contributed by atoms with Crippen LogP contribution in [0.2, 0.25) is 0 Å². The third kappa shape index (κ3) is 3.34. The van der Waals surface area contributed by atoms with E-state index in [0.717, 1.165) is 5.56 Å². The van der Waals surface area contributed by atoms with Crippen LogP contribution in [0.1, 0.15) is 12.5 Å². The van der Waals surface area contributed by atoms with Crippen molar-refractivity contribution < 1.29 is 9.47 Å². The van der Waals surface area contributed by atoms with Crippen molar-refractivity contribution in [1.29, 1.82) is 0 Å². The summed E-state index contributed by atoms with van der Waals surface area (Å²) in [5, 5.41) is 3.05. The fraction of sp³-hybridized carbons (Fsp3) is 0.333. The van der Waals surface area contributed by atoms with Gasteiger partial charge in [-0.25, -0.2) is 4.98 Å². The molecule has 0 unspecified atom stereocenters. The second-order valence-corrected chi connectivity index (χ2v) is 4.41. The Morgan fingerprint density at radius 1 is 1.24 bits per heavy atom. The quantitative estimate of drug-likeness (QED) is 0.879. The molecule has 0 radical (unpaired) electrons. The largest absolute Gasteiger partial charge is 0.493 e. The molecule has 0 aliphatic heterocycles. The first-order chi connectivity index (χ1) is 10.2. The normalized spacial score (nSPS) is 10.2. The third-order valence-electron chi connectivity index (χ3n) is 3.16. The summed E-state index contributed by atoms with van der Waals surface area (Å²) >= 11 is 0. The lowest BCUT2D eigenvalue weighted by molar-refractivity contribution is 0.354. The van der Waals surface area contributed by atoms with Crippen molar-refractivity contribution in [2.75, 3.05) is 19.5 Å². The number of benzene rings is 1. The maximum Gasteiger partial charge on any atom is 0.293 e. The molecular weight excluding hydrogens is 270 g/mol. The van der Waals surface area contributed by atoms with Gasteiger partial charge in [0.15, 0.2) is 17.3 Å². The Labute approximate surface area is 123 Å². The van der Waals surface area contributed by atoms with Crippen molar-refractivity contribution >= 4 is 5.82 Å². The van der Waals surface area contributed by atoms with E-state index < -0.39 is 0 Å². The van der Waals surface area contributed by atoms with Gasteiger partial charge >= 0.3 is 0 Å². The smallest absolute Gasteiger partial charge is 0.293 e. The molecule has 2 rings (SSSR count). The lowest BCUT2D eigenvalue weighted by Crippen LogP contribution is -2.23. The van der Waals surface area contributed by atoms with Gasteiger partial charge in [-0.1, -0.05) is 6.07 Å². The molecule has 0 amide bonds. The summed E-state index contributed by atoms with van der Waals surface area (Å²) in [4.78, 5) is 16.1. The summed E-state index contributed by atoms with van der Waals surface area (Å²) in [5.74, 6) is 1.67. The molecule has 21 heavy (non-hydrogen) atoms. The van der Waals surface area contributed by atoms with E-state index in [1.165, 1.54) is 0 Å². The molecule has 0 atom stereocenters. The van der Waals surface area contributed by atoms with Crippen molar-refractivity contribution in [1.82, 2.24) is 9.55 Å². The number of anilines is 1. The average molecular weight is 289 g/mol. The van der Waals surface area contributed by atoms with Crippen LogP contribution in [0.25, 0.3) is 0 Å². The second kappa shape index (κ2) is 6.78. The molecular formula is C15H19N3O3. The minimum atomic E-state index is -0.125. The lowest BCUT2D eigenvalue weighted by Gasteiger charge is -2.11. The van der Waals surface area contributed by atoms with Crippen molar-refractivity contribution in [3.05, 3.63) is 46.5 Å². The Hall–Kier alpha value is -2.50. The van der Waals surface area contributed by atoms with Crippen molar-refractivity contribution in [3.63, 3.8) is 0 Å². The summed E-state index contributed by atoms with van der Waals surface area (Å²) in [7, 11) is 3.19. The van der Waals surface area contributed by atoms with Gasteiger partial charge in [0.2, 0.25) is 0 Å². The zero-order valence-electron chi connectivity index (χ0n) is 12.4. The molecule has 0 bridgehead atoms. The van der Waals surface area contributed by atoms with Gasteiger partial charge in [0, 0.05) is 25.5 Å². The van der Waals surface area contributed by atoms with Gasteiger partial charge in [-0.15, -0.1) is 0 Å². The maximum atomic E-state index is 12.0. The highest BCUT2D eigenvalue weighted by Crippen LogP contribution is 2.27. The van der Waals surface area contributed by atoms with Gasteiger partial charge in [0.25, 0.3) is 5.56 Å². The lowest BCUT2D eigenvalue weighted by atomic mass is 10.2. The minimum absolute atomic E-state index is 0.125. The highest BCUT2D eigenvalue weighted by Gasteiger charge is 2.06. The second-order valence-electron chi connectivity index (χ2n) is 4.41. The van der Waals surface area contributed by atoms with Crippen LogP contribution in [0.4, 0.5) is 5.82 Å². The predicted octanol–water partition coefficient (Wildman–Crippen LogP) is 1.89. The van der Waals surface area contributed by atoms with Crippen molar-refractivity contribution in [2.24, 2.45) is 0 Å². The maximum absolute atomic E-state index is 12.0. The van der Waals surface area contributed by atoms with Crippen LogP contribution in [-0.2, 0) is 13.1 Å². The van der Waals surface area contributed by atoms with E-state index in [-0.39, 0.29) is 5.56 Å². The molecule has 0 spiro atoms. The highest BCUT2D eigenvalue weighted by atomic mass is 16.5. The van der Waals surface area contributed by atoms with E-state index in [9.17, 15) is 4.79 Å². The predicted molar refractivity (Wildman–Crippen MR) is 81.0 cm³/mol. The summed E-state index contributed by atoms with van der Waals surface area (Å²) in [6, 6.07) is 5.61. The van der Waals surface area contributed by atoms with Crippen molar-refractivity contribution in [3.8, 4) is 11.5 Å². The number of nitrogens with one attached hydrogen (secondary N) is 1. The van der Waals surface area contributed by atoms with Crippen LogP contribution in [-0.4, -0.2) is 23.8 Å². The first-order valence-electron chi connectivity index (χ1n) is 6.69. The number of nitrogens with zero attached hydrogens (tertiary/aromatic N) is 2. The third-order valence-corrected chi connectivity index (χ3v) is 3.16. The van der Waals surface area contributed by atoms with Crippen LogP contribution >= 0.6 is 0 Å². The van der Waals surface area contributed by atoms with Gasteiger partial charge < -0.3 is 19.4 Å². The number of aromatic nitrogens is 2. The summed E-state index contributed by atoms with van der Waals surface area (Å²) < 4.78 is 12.0. The van der Waals surface area contributed by atoms with E-state index in [1.807, 2.05) is 25.1 Å². The molecule has 112 valence electrons. The molecule has 6 heteroatoms. The average Bonchev–Trinajstić information content (AvgIpc) is 2.53. The van der Waals surface area contributed by atoms with Crippen LogP contribution < -0.4 is 20.3 Å². The Morgan fingerprint density at radius 3 is 2.67 bits per heavy atom. The van der Waals surface area contributed by atoms with Gasteiger partial charge in [0.05, 0.1) is 14.2 Å². The van der Waals surface area contributed by atoms with E-state index in [4.69, 9.17) is 9.47 Å². The number of hydrogen-bond donors (Lipinski definition) is 1. The summed E-state index contributed by atoms with van der Waals surface area (Å²) in [6.45, 7) is 3.02. The molecule has 0 saturated heterocycles. The molecule has 1 N–H and O–H groups in total. The molecule has 1 aromatic carbocycles. The van der Waals surface area contributed by atoms with Crippen LogP contribution in [0.5, 0.6) is 11.5 Å². The molecule has 1 heterocycles. The molecule has 0 aliphatic carbocycles. The molecule has 1 aromatic heterocycles. The summed E-state index contributed by atoms with van der Waals surface area (Å²) in [6.07, 6.45) is 3.28. The minimum Gasteiger partial charge on any atom is -0.493 e. The molecule has 0 fully saturated rings. The SMILES string of the molecule is CCn1ccnc(NCc2ccc(OC)c(OC)c2)c1=O. The van der Waals surface area contributed by atoms with Crippen LogP contribution in [0.15, 0.2) is 35.4 Å². The first kappa shape index (κ1) is 14.9. The van der Waals surface area contributed by atoms with Crippen LogP contribution in [0.3, 0.4) is 0 Å². The molecule has 0 saturated carbocycles. The fourth-order valence-corrected chi connectivity index (χ4v) is 1.99. The van der Waals surface area contributed by atoms with Crippen molar-refractivity contribution in [2.45, 2.75) is 20.0 Å². The van der Waals surface area contributed by atoms with E-state index in [0.29, 0.717) is 30.4 Å². The molecule has 0 aliphatic rings.